The van der Waals surface area contributed by atoms with Gasteiger partial charge in [0.1, 0.15) is 5.78 Å². The molecule has 0 atom stereocenters. The first-order chi connectivity index (χ1) is 7.34. The van der Waals surface area contributed by atoms with Crippen LogP contribution in [0.3, 0.4) is 0 Å². The fourth-order valence-corrected chi connectivity index (χ4v) is 1.36. The Labute approximate surface area is 105 Å². The van der Waals surface area contributed by atoms with E-state index < -0.39 is 8.25 Å². The molecule has 0 aliphatic carbocycles. The van der Waals surface area contributed by atoms with Gasteiger partial charge in [-0.25, -0.2) is 0 Å². The first-order valence-electron chi connectivity index (χ1n) is 5.36. The van der Waals surface area contributed by atoms with Crippen LogP contribution in [0.25, 0.3) is 0 Å². The van der Waals surface area contributed by atoms with Gasteiger partial charge in [0.15, 0.2) is 0 Å². The van der Waals surface area contributed by atoms with Gasteiger partial charge in [0.25, 0.3) is 0 Å². The largest absolute Gasteiger partial charge is 0.692 e. The number of allylic oxidation sites excluding steroid dienone is 2. The highest BCUT2D eigenvalue weighted by atomic mass is 31.1. The van der Waals surface area contributed by atoms with Crippen LogP contribution in [0.1, 0.15) is 48.5 Å². The van der Waals surface area contributed by atoms with Crippen molar-refractivity contribution in [3.8, 4) is 0 Å². The van der Waals surface area contributed by atoms with Gasteiger partial charge >= 0.3 is 8.25 Å². The monoisotopic (exact) mass is 263 g/mol. The third kappa shape index (κ3) is 7.37. The number of hydrogen-bond acceptors (Lipinski definition) is 2. The molecule has 0 radical (unpaired) electrons. The summed E-state index contributed by atoms with van der Waals surface area (Å²) in [5.41, 5.74) is 0.904. The molecule has 0 rings (SSSR count). The molecular weight excluding hydrogens is 239 g/mol. The minimum Gasteiger partial charge on any atom is -0.299 e. The molecule has 0 heterocycles. The van der Waals surface area contributed by atoms with Crippen molar-refractivity contribution in [2.45, 2.75) is 48.5 Å². The molecule has 0 unspecified atom stereocenters. The molecule has 0 aromatic carbocycles. The third-order valence-electron chi connectivity index (χ3n) is 3.14. The second-order valence-electron chi connectivity index (χ2n) is 5.38. The number of ketones is 1. The maximum atomic E-state index is 11.5. The van der Waals surface area contributed by atoms with Gasteiger partial charge in [-0.2, -0.15) is 0 Å². The summed E-state index contributed by atoms with van der Waals surface area (Å²) >= 11 is 0. The summed E-state index contributed by atoms with van der Waals surface area (Å²) in [7, 11) is -2.87. The van der Waals surface area contributed by atoms with Gasteiger partial charge in [-0.15, -0.1) is 9.79 Å². The molecule has 0 saturated carbocycles. The highest BCUT2D eigenvalue weighted by Gasteiger charge is 2.38. The zero-order valence-corrected chi connectivity index (χ0v) is 12.6. The van der Waals surface area contributed by atoms with Crippen LogP contribution in [0.5, 0.6) is 0 Å². The summed E-state index contributed by atoms with van der Waals surface area (Å²) in [6.45, 7) is 14.0. The molecule has 0 fully saturated rings. The van der Waals surface area contributed by atoms with Gasteiger partial charge in [0.2, 0.25) is 0 Å². The third-order valence-corrected chi connectivity index (χ3v) is 3.14. The summed E-state index contributed by atoms with van der Waals surface area (Å²) < 4.78 is 8.70. The topological polar surface area (TPSA) is 74.6 Å². The number of rotatable bonds is 3. The van der Waals surface area contributed by atoms with Crippen LogP contribution >= 0.6 is 8.25 Å². The molecule has 2 N–H and O–H groups in total. The molecule has 0 aliphatic heterocycles. The molecule has 17 heavy (non-hydrogen) atoms. The number of hydrogen-bond donors (Lipinski definition) is 2. The van der Waals surface area contributed by atoms with Crippen LogP contribution < -0.4 is 0 Å². The lowest BCUT2D eigenvalue weighted by Gasteiger charge is -2.37. The van der Waals surface area contributed by atoms with Crippen LogP contribution in [0, 0.1) is 10.8 Å². The van der Waals surface area contributed by atoms with E-state index in [-0.39, 0.29) is 16.6 Å². The smallest absolute Gasteiger partial charge is 0.299 e. The van der Waals surface area contributed by atoms with Crippen molar-refractivity contribution >= 4 is 14.0 Å². The summed E-state index contributed by atoms with van der Waals surface area (Å²) in [5.74, 6) is 0.245. The van der Waals surface area contributed by atoms with E-state index in [9.17, 15) is 4.79 Å². The van der Waals surface area contributed by atoms with Gasteiger partial charge in [-0.1, -0.05) is 39.3 Å². The van der Waals surface area contributed by atoms with E-state index in [1.54, 1.807) is 6.92 Å². The fraction of sp³-hybridized carbons (Fsp3) is 0.750. The standard InChI is InChI=1S/C12H22O.HO3P/c1-9(2)8-11(4,5)12(6,7)10(3)13;1-4(2)3/h8H,1-7H3;(H-,1,2,3)/p+1. The van der Waals surface area contributed by atoms with Crippen molar-refractivity contribution in [2.24, 2.45) is 10.8 Å². The van der Waals surface area contributed by atoms with Crippen LogP contribution in [-0.4, -0.2) is 15.6 Å². The molecule has 0 saturated heterocycles. The van der Waals surface area contributed by atoms with Crippen LogP contribution in [-0.2, 0) is 9.36 Å². The van der Waals surface area contributed by atoms with Crippen LogP contribution in [0.4, 0.5) is 0 Å². The second-order valence-corrected chi connectivity index (χ2v) is 5.88. The first kappa shape index (κ1) is 18.8. The Bertz CT molecular complexity index is 308. The van der Waals surface area contributed by atoms with Gasteiger partial charge in [-0.3, -0.25) is 4.79 Å². The Hall–Kier alpha value is -0.570. The maximum Gasteiger partial charge on any atom is 0.692 e. The van der Waals surface area contributed by atoms with Gasteiger partial charge in [0.05, 0.1) is 0 Å². The predicted octanol–water partition coefficient (Wildman–Crippen LogP) is 3.22. The molecule has 0 spiro atoms. The molecule has 0 bridgehead atoms. The molecule has 5 heteroatoms. The maximum absolute atomic E-state index is 11.5. The molecule has 0 aromatic rings. The van der Waals surface area contributed by atoms with E-state index in [1.807, 2.05) is 13.8 Å². The molecule has 0 aliphatic rings. The van der Waals surface area contributed by atoms with Crippen molar-refractivity contribution in [1.29, 1.82) is 0 Å². The Morgan fingerprint density at radius 2 is 1.35 bits per heavy atom. The minimum atomic E-state index is -2.87. The Morgan fingerprint density at radius 3 is 1.53 bits per heavy atom. The quantitative estimate of drug-likeness (QED) is 0.605. The summed E-state index contributed by atoms with van der Waals surface area (Å²) in [6.07, 6.45) is 2.17. The Balaban J connectivity index is 0. The number of carbonyl (C=O) groups is 1. The summed E-state index contributed by atoms with van der Waals surface area (Å²) in [4.78, 5) is 25.7. The Kier molecular flexibility index (Phi) is 7.73. The minimum absolute atomic E-state index is 0.0718. The van der Waals surface area contributed by atoms with E-state index in [4.69, 9.17) is 14.4 Å². The normalized spacial score (nSPS) is 11.1. The van der Waals surface area contributed by atoms with E-state index in [0.717, 1.165) is 0 Å². The molecule has 0 amide bonds. The first-order valence-corrected chi connectivity index (χ1v) is 6.53. The van der Waals surface area contributed by atoms with E-state index in [1.165, 1.54) is 5.57 Å². The molecule has 4 nitrogen and oxygen atoms in total. The SMILES string of the molecule is CC(=O)C(C)(C)C(C)(C)C=C(C)C.O=[P+](O)O. The lowest BCUT2D eigenvalue weighted by atomic mass is 9.65. The average Bonchev–Trinajstić information content (AvgIpc) is 1.99. The zero-order valence-electron chi connectivity index (χ0n) is 11.7. The highest BCUT2D eigenvalue weighted by Crippen LogP contribution is 2.41. The van der Waals surface area contributed by atoms with E-state index in [0.29, 0.717) is 0 Å². The lowest BCUT2D eigenvalue weighted by molar-refractivity contribution is -0.129. The van der Waals surface area contributed by atoms with Crippen molar-refractivity contribution in [2.75, 3.05) is 0 Å². The van der Waals surface area contributed by atoms with E-state index in [2.05, 4.69) is 33.8 Å². The summed E-state index contributed by atoms with van der Waals surface area (Å²) in [5, 5.41) is 0. The molecule has 0 aromatic heterocycles. The van der Waals surface area contributed by atoms with Crippen LogP contribution in [0.15, 0.2) is 11.6 Å². The van der Waals surface area contributed by atoms with Gasteiger partial charge in [0, 0.05) is 9.98 Å². The summed E-state index contributed by atoms with van der Waals surface area (Å²) in [6, 6.07) is 0. The van der Waals surface area contributed by atoms with Gasteiger partial charge < -0.3 is 0 Å². The zero-order chi connectivity index (χ0) is 14.4. The predicted molar refractivity (Wildman–Crippen MR) is 69.7 cm³/mol. The number of carbonyl (C=O) groups excluding carboxylic acids is 1. The van der Waals surface area contributed by atoms with Crippen molar-refractivity contribution in [3.63, 3.8) is 0 Å². The highest BCUT2D eigenvalue weighted by molar-refractivity contribution is 7.30. The van der Waals surface area contributed by atoms with Crippen molar-refractivity contribution in [1.82, 2.24) is 0 Å². The Morgan fingerprint density at radius 1 is 1.06 bits per heavy atom. The van der Waals surface area contributed by atoms with Gasteiger partial charge in [-0.05, 0) is 26.2 Å². The van der Waals surface area contributed by atoms with E-state index >= 15 is 0 Å². The van der Waals surface area contributed by atoms with Crippen molar-refractivity contribution < 1.29 is 19.1 Å². The van der Waals surface area contributed by atoms with Crippen LogP contribution in [0.2, 0.25) is 0 Å². The fourth-order valence-electron chi connectivity index (χ4n) is 1.36. The second kappa shape index (κ2) is 7.00. The average molecular weight is 263 g/mol. The van der Waals surface area contributed by atoms with Crippen molar-refractivity contribution in [3.05, 3.63) is 11.6 Å². The lowest BCUT2D eigenvalue weighted by Crippen LogP contribution is -2.37. The number of Topliss-reactive ketones (excluding diaryl/α,β-unsaturated/α-hetero) is 1. The molecule has 100 valence electrons. The molecular formula is C12H24O4P+.